The summed E-state index contributed by atoms with van der Waals surface area (Å²) < 4.78 is 22.0. The number of ether oxygens (including phenoxy) is 1. The van der Waals surface area contributed by atoms with Crippen molar-refractivity contribution in [3.63, 3.8) is 0 Å². The average molecular weight is 475 g/mol. The molecule has 9 heteroatoms. The van der Waals surface area contributed by atoms with E-state index in [0.29, 0.717) is 44.8 Å². The van der Waals surface area contributed by atoms with Crippen LogP contribution < -0.4 is 0 Å². The highest BCUT2D eigenvalue weighted by atomic mass is 19.1. The first-order valence-electron chi connectivity index (χ1n) is 12.0. The second-order valence-corrected chi connectivity index (χ2v) is 9.18. The Balaban J connectivity index is 1.05. The molecule has 1 unspecified atom stereocenters. The summed E-state index contributed by atoms with van der Waals surface area (Å²) >= 11 is 0. The number of H-pyrrole nitrogens is 1. The molecule has 35 heavy (non-hydrogen) atoms. The van der Waals surface area contributed by atoms with Gasteiger partial charge in [0.2, 0.25) is 5.91 Å². The average Bonchev–Trinajstić information content (AvgIpc) is 3.48. The van der Waals surface area contributed by atoms with Crippen molar-refractivity contribution in [3.05, 3.63) is 83.1 Å². The molecule has 4 aromatic rings. The first-order valence-corrected chi connectivity index (χ1v) is 12.0. The number of aromatic nitrogens is 4. The van der Waals surface area contributed by atoms with Gasteiger partial charge in [0.15, 0.2) is 0 Å². The molecule has 8 nitrogen and oxygen atoms in total. The van der Waals surface area contributed by atoms with E-state index in [1.165, 1.54) is 6.07 Å². The fourth-order valence-electron chi connectivity index (χ4n) is 5.03. The van der Waals surface area contributed by atoms with E-state index in [9.17, 15) is 9.18 Å². The van der Waals surface area contributed by atoms with Gasteiger partial charge in [-0.3, -0.25) is 9.69 Å². The SMILES string of the molecule is O=C(Cc1c[nH]c2ccccc12)N1CCN(Cc2nnn3c2COC(c2ccccc2F)C3)CC1. The molecule has 1 saturated heterocycles. The molecule has 2 aromatic heterocycles. The van der Waals surface area contributed by atoms with E-state index in [2.05, 4.69) is 20.2 Å². The lowest BCUT2D eigenvalue weighted by Gasteiger charge is -2.34. The Bertz CT molecular complexity index is 1360. The normalized spacial score (nSPS) is 18.7. The van der Waals surface area contributed by atoms with Crippen LogP contribution in [-0.4, -0.2) is 61.9 Å². The maximum absolute atomic E-state index is 14.2. The number of nitrogens with zero attached hydrogens (tertiary/aromatic N) is 5. The van der Waals surface area contributed by atoms with E-state index in [0.717, 1.165) is 40.9 Å². The lowest BCUT2D eigenvalue weighted by Crippen LogP contribution is -2.48. The van der Waals surface area contributed by atoms with Gasteiger partial charge in [-0.1, -0.05) is 41.6 Å². The third-order valence-corrected chi connectivity index (χ3v) is 7.05. The molecule has 1 amide bonds. The molecule has 1 atom stereocenters. The summed E-state index contributed by atoms with van der Waals surface area (Å²) in [7, 11) is 0. The highest BCUT2D eigenvalue weighted by Gasteiger charge is 2.28. The molecule has 4 heterocycles. The van der Waals surface area contributed by atoms with E-state index in [-0.39, 0.29) is 17.8 Å². The Hall–Kier alpha value is -3.56. The number of aromatic amines is 1. The third-order valence-electron chi connectivity index (χ3n) is 7.05. The molecular formula is C26H27FN6O2. The fourth-order valence-corrected chi connectivity index (χ4v) is 5.03. The Morgan fingerprint density at radius 1 is 1.09 bits per heavy atom. The summed E-state index contributed by atoms with van der Waals surface area (Å²) in [6.45, 7) is 4.40. The molecular weight excluding hydrogens is 447 g/mol. The van der Waals surface area contributed by atoms with Crippen LogP contribution in [0.4, 0.5) is 4.39 Å². The number of nitrogens with one attached hydrogen (secondary N) is 1. The molecule has 0 saturated carbocycles. The zero-order chi connectivity index (χ0) is 23.8. The molecule has 6 rings (SSSR count). The molecule has 1 fully saturated rings. The van der Waals surface area contributed by atoms with Gasteiger partial charge in [-0.2, -0.15) is 0 Å². The van der Waals surface area contributed by atoms with Crippen molar-refractivity contribution in [1.82, 2.24) is 29.8 Å². The standard InChI is InChI=1S/C26H27FN6O2/c27-21-7-3-1-6-20(21)25-16-33-24(17-35-25)23(29-30-33)15-31-9-11-32(12-10-31)26(34)13-18-14-28-22-8-4-2-5-19(18)22/h1-8,14,25,28H,9-13,15-17H2. The second-order valence-electron chi connectivity index (χ2n) is 9.18. The van der Waals surface area contributed by atoms with Crippen LogP contribution >= 0.6 is 0 Å². The second kappa shape index (κ2) is 9.24. The van der Waals surface area contributed by atoms with Crippen LogP contribution in [0.3, 0.4) is 0 Å². The number of amides is 1. The van der Waals surface area contributed by atoms with Crippen LogP contribution in [0, 0.1) is 5.82 Å². The van der Waals surface area contributed by atoms with Gasteiger partial charge in [-0.15, -0.1) is 5.10 Å². The molecule has 2 aromatic carbocycles. The highest BCUT2D eigenvalue weighted by molar-refractivity contribution is 5.88. The van der Waals surface area contributed by atoms with Crippen molar-refractivity contribution in [2.45, 2.75) is 32.2 Å². The molecule has 0 radical (unpaired) electrons. The minimum Gasteiger partial charge on any atom is -0.365 e. The number of para-hydroxylation sites is 1. The lowest BCUT2D eigenvalue weighted by atomic mass is 10.1. The zero-order valence-corrected chi connectivity index (χ0v) is 19.4. The van der Waals surface area contributed by atoms with Gasteiger partial charge >= 0.3 is 0 Å². The summed E-state index contributed by atoms with van der Waals surface area (Å²) in [5.41, 5.74) is 4.47. The fraction of sp³-hybridized carbons (Fsp3) is 0.346. The van der Waals surface area contributed by atoms with Crippen LogP contribution in [-0.2, 0) is 35.6 Å². The number of rotatable bonds is 5. The van der Waals surface area contributed by atoms with E-state index >= 15 is 0 Å². The summed E-state index contributed by atoms with van der Waals surface area (Å²) in [5, 5.41) is 9.80. The summed E-state index contributed by atoms with van der Waals surface area (Å²) in [6.07, 6.45) is 1.97. The van der Waals surface area contributed by atoms with Crippen LogP contribution in [0.15, 0.2) is 54.7 Å². The van der Waals surface area contributed by atoms with Gasteiger partial charge in [0.1, 0.15) is 17.6 Å². The van der Waals surface area contributed by atoms with Crippen LogP contribution in [0.1, 0.15) is 28.6 Å². The van der Waals surface area contributed by atoms with Crippen molar-refractivity contribution in [1.29, 1.82) is 0 Å². The van der Waals surface area contributed by atoms with Gasteiger partial charge in [0, 0.05) is 55.4 Å². The Morgan fingerprint density at radius 2 is 1.89 bits per heavy atom. The number of carbonyl (C=O) groups is 1. The minimum atomic E-state index is -0.370. The third kappa shape index (κ3) is 4.33. The predicted molar refractivity (Wildman–Crippen MR) is 128 cm³/mol. The summed E-state index contributed by atoms with van der Waals surface area (Å²) in [5.74, 6) is -0.110. The van der Waals surface area contributed by atoms with E-state index in [1.807, 2.05) is 46.1 Å². The number of benzene rings is 2. The maximum atomic E-state index is 14.2. The minimum absolute atomic E-state index is 0.156. The number of fused-ring (bicyclic) bond motifs is 2. The quantitative estimate of drug-likeness (QED) is 0.481. The van der Waals surface area contributed by atoms with E-state index in [1.54, 1.807) is 12.1 Å². The number of hydrogen-bond donors (Lipinski definition) is 1. The molecule has 0 spiro atoms. The van der Waals surface area contributed by atoms with Crippen molar-refractivity contribution in [2.24, 2.45) is 0 Å². The largest absolute Gasteiger partial charge is 0.365 e. The number of carbonyl (C=O) groups excluding carboxylic acids is 1. The molecule has 180 valence electrons. The number of halogens is 1. The Kier molecular flexibility index (Phi) is 5.79. The van der Waals surface area contributed by atoms with Crippen molar-refractivity contribution >= 4 is 16.8 Å². The van der Waals surface area contributed by atoms with Crippen LogP contribution in [0.25, 0.3) is 10.9 Å². The molecule has 2 aliphatic rings. The topological polar surface area (TPSA) is 79.3 Å². The van der Waals surface area contributed by atoms with Gasteiger partial charge < -0.3 is 14.6 Å². The monoisotopic (exact) mass is 474 g/mol. The van der Waals surface area contributed by atoms with E-state index < -0.39 is 0 Å². The first kappa shape index (κ1) is 21.9. The Labute approximate surface area is 202 Å². The molecule has 0 aliphatic carbocycles. The first-order chi connectivity index (χ1) is 17.2. The van der Waals surface area contributed by atoms with Crippen LogP contribution in [0.2, 0.25) is 0 Å². The van der Waals surface area contributed by atoms with Crippen LogP contribution in [0.5, 0.6) is 0 Å². The summed E-state index contributed by atoms with van der Waals surface area (Å²) in [6, 6.07) is 14.8. The number of piperazine rings is 1. The lowest BCUT2D eigenvalue weighted by molar-refractivity contribution is -0.132. The molecule has 0 bridgehead atoms. The van der Waals surface area contributed by atoms with Crippen molar-refractivity contribution < 1.29 is 13.9 Å². The summed E-state index contributed by atoms with van der Waals surface area (Å²) in [4.78, 5) is 20.4. The smallest absolute Gasteiger partial charge is 0.227 e. The molecule has 2 aliphatic heterocycles. The van der Waals surface area contributed by atoms with Gasteiger partial charge in [-0.05, 0) is 17.7 Å². The van der Waals surface area contributed by atoms with E-state index in [4.69, 9.17) is 4.74 Å². The van der Waals surface area contributed by atoms with Crippen molar-refractivity contribution in [3.8, 4) is 0 Å². The number of hydrogen-bond acceptors (Lipinski definition) is 5. The maximum Gasteiger partial charge on any atom is 0.227 e. The highest BCUT2D eigenvalue weighted by Crippen LogP contribution is 2.29. The van der Waals surface area contributed by atoms with Gasteiger partial charge in [-0.25, -0.2) is 9.07 Å². The predicted octanol–water partition coefficient (Wildman–Crippen LogP) is 3.06. The zero-order valence-electron chi connectivity index (χ0n) is 19.4. The van der Waals surface area contributed by atoms with Crippen molar-refractivity contribution in [2.75, 3.05) is 26.2 Å². The van der Waals surface area contributed by atoms with Gasteiger partial charge in [0.25, 0.3) is 0 Å². The van der Waals surface area contributed by atoms with Gasteiger partial charge in [0.05, 0.1) is 25.3 Å². The Morgan fingerprint density at radius 3 is 2.74 bits per heavy atom. The molecule has 1 N–H and O–H groups in total.